The van der Waals surface area contributed by atoms with Crippen molar-refractivity contribution < 1.29 is 66.8 Å². The summed E-state index contributed by atoms with van der Waals surface area (Å²) in [7, 11) is 10.8. The molecule has 1 atom stereocenters. The number of nitrogens with zero attached hydrogens (tertiary/aromatic N) is 3. The van der Waals surface area contributed by atoms with E-state index in [1.165, 1.54) is 4.90 Å². The Bertz CT molecular complexity index is 1480. The van der Waals surface area contributed by atoms with Crippen molar-refractivity contribution in [2.75, 3.05) is 120 Å². The van der Waals surface area contributed by atoms with Crippen LogP contribution < -0.4 is 21.3 Å². The highest BCUT2D eigenvalue weighted by molar-refractivity contribution is 5.86. The van der Waals surface area contributed by atoms with Gasteiger partial charge in [0.2, 0.25) is 37.0 Å². The molecule has 0 bridgehead atoms. The molecule has 0 aliphatic rings. The molecule has 70 heavy (non-hydrogen) atoms. The third-order valence-corrected chi connectivity index (χ3v) is 8.70. The molecule has 1 rings (SSSR count). The molecule has 0 saturated carbocycles. The molecule has 21 nitrogen and oxygen atoms in total. The van der Waals surface area contributed by atoms with Crippen LogP contribution in [-0.4, -0.2) is 191 Å². The summed E-state index contributed by atoms with van der Waals surface area (Å²) in [6, 6.07) is 6.15. The maximum absolute atomic E-state index is 11.6. The van der Waals surface area contributed by atoms with Gasteiger partial charge in [0, 0.05) is 65.7 Å². The van der Waals surface area contributed by atoms with Gasteiger partial charge in [-0.15, -0.1) is 0 Å². The SMILES string of the molecule is CCCC(=O)N(C=O)CCOCCOCCC(=O)NC(C)C(C)C.CCN(C)C(=O)CCOCCOCCC=O.CN(C)C=O.CNC.CNc1ccc(COC(=O)C(C)C)c(C)c1.O=CCNC=O. The van der Waals surface area contributed by atoms with E-state index < -0.39 is 0 Å². The third kappa shape index (κ3) is 52.0. The number of anilines is 1. The van der Waals surface area contributed by atoms with Gasteiger partial charge in [0.05, 0.1) is 78.3 Å². The fourth-order valence-corrected chi connectivity index (χ4v) is 4.14. The molecule has 21 heteroatoms. The van der Waals surface area contributed by atoms with Crippen LogP contribution in [0, 0.1) is 18.8 Å². The minimum absolute atomic E-state index is 0.0202. The first-order chi connectivity index (χ1) is 33.3. The van der Waals surface area contributed by atoms with E-state index in [1.54, 1.807) is 26.0 Å². The minimum atomic E-state index is -0.186. The summed E-state index contributed by atoms with van der Waals surface area (Å²) in [6.07, 6.45) is 5.41. The molecule has 0 aromatic heterocycles. The number of carbonyl (C=O) groups is 9. The molecule has 4 N–H and O–H groups in total. The Morgan fingerprint density at radius 1 is 0.700 bits per heavy atom. The molecule has 1 aromatic rings. The van der Waals surface area contributed by atoms with Gasteiger partial charge < -0.3 is 64.3 Å². The van der Waals surface area contributed by atoms with Crippen LogP contribution in [0.25, 0.3) is 0 Å². The second-order valence-corrected chi connectivity index (χ2v) is 15.8. The lowest BCUT2D eigenvalue weighted by atomic mass is 10.1. The first-order valence-electron chi connectivity index (χ1n) is 23.6. The molecule has 0 radical (unpaired) electrons. The fourth-order valence-electron chi connectivity index (χ4n) is 4.14. The molecule has 406 valence electrons. The standard InChI is InChI=1S/C17H32N2O5.C13H19NO2.C11H21NO4.C3H5NO2.C3H7NO.C2H7N/c1-5-6-17(22)19(13-20)8-10-24-12-11-23-9-7-16(21)18-15(4)14(2)3;1-9(2)13(15)16-8-11-5-6-12(14-4)7-10(11)3;1-3-12(2)11(14)5-8-16-10-9-15-7-4-6-13;5-2-1-4-3-6;1-4(2)3-5;1-3-2/h13-15H,5-12H2,1-4H3,(H,18,21);5-7,9,14H,8H2,1-4H3;6H,3-5,7-10H2,1-2H3;2-3H,1H2,(H,4,6);3H,1-2H3;3H,1-2H3. The lowest BCUT2D eigenvalue weighted by Gasteiger charge is -2.17. The van der Waals surface area contributed by atoms with Crippen LogP contribution in [0.1, 0.15) is 91.7 Å². The normalized spacial score (nSPS) is 10.1. The van der Waals surface area contributed by atoms with Crippen LogP contribution in [0.3, 0.4) is 0 Å². The fraction of sp³-hybridized carbons (Fsp3) is 0.694. The molecule has 0 saturated heterocycles. The highest BCUT2D eigenvalue weighted by Gasteiger charge is 2.12. The molecule has 1 aromatic carbocycles. The van der Waals surface area contributed by atoms with Gasteiger partial charge in [-0.2, -0.15) is 0 Å². The predicted molar refractivity (Wildman–Crippen MR) is 272 cm³/mol. The Balaban J connectivity index is -0.000000269. The summed E-state index contributed by atoms with van der Waals surface area (Å²) in [5, 5.41) is 10.9. The monoisotopic (exact) mass is 1000 g/mol. The van der Waals surface area contributed by atoms with Crippen LogP contribution in [0.2, 0.25) is 0 Å². The zero-order chi connectivity index (χ0) is 54.5. The lowest BCUT2D eigenvalue weighted by molar-refractivity contribution is -0.148. The Hall–Kier alpha value is -5.35. The topological polar surface area (TPSA) is 258 Å². The van der Waals surface area contributed by atoms with Crippen molar-refractivity contribution in [3.8, 4) is 0 Å². The highest BCUT2D eigenvalue weighted by atomic mass is 16.5. The zero-order valence-corrected chi connectivity index (χ0v) is 44.9. The summed E-state index contributed by atoms with van der Waals surface area (Å²) < 4.78 is 26.1. The molecule has 0 aliphatic heterocycles. The molecule has 0 fully saturated rings. The van der Waals surface area contributed by atoms with Gasteiger partial charge in [0.1, 0.15) is 19.2 Å². The molecule has 1 unspecified atom stereocenters. The number of imide groups is 1. The molecular weight excluding hydrogens is 911 g/mol. The zero-order valence-electron chi connectivity index (χ0n) is 44.9. The van der Waals surface area contributed by atoms with Crippen LogP contribution in [0.15, 0.2) is 18.2 Å². The quantitative estimate of drug-likeness (QED) is 0.0460. The summed E-state index contributed by atoms with van der Waals surface area (Å²) in [5.41, 5.74) is 3.24. The number of aldehydes is 2. The number of nitrogens with one attached hydrogen (secondary N) is 4. The van der Waals surface area contributed by atoms with Gasteiger partial charge in [-0.1, -0.05) is 40.7 Å². The number of hydrogen-bond acceptors (Lipinski definition) is 16. The van der Waals surface area contributed by atoms with Crippen LogP contribution in [0.5, 0.6) is 0 Å². The summed E-state index contributed by atoms with van der Waals surface area (Å²) in [4.78, 5) is 98.9. The number of ether oxygens (including phenoxy) is 5. The Morgan fingerprint density at radius 3 is 1.66 bits per heavy atom. The highest BCUT2D eigenvalue weighted by Crippen LogP contribution is 2.16. The van der Waals surface area contributed by atoms with E-state index in [0.29, 0.717) is 117 Å². The number of benzene rings is 1. The van der Waals surface area contributed by atoms with Crippen molar-refractivity contribution in [3.63, 3.8) is 0 Å². The second-order valence-electron chi connectivity index (χ2n) is 15.8. The van der Waals surface area contributed by atoms with E-state index in [4.69, 9.17) is 23.7 Å². The third-order valence-electron chi connectivity index (χ3n) is 8.70. The Morgan fingerprint density at radius 2 is 1.24 bits per heavy atom. The predicted octanol–water partition coefficient (Wildman–Crippen LogP) is 3.04. The number of aryl methyl sites for hydroxylation is 1. The van der Waals surface area contributed by atoms with Crippen molar-refractivity contribution >= 4 is 61.2 Å². The van der Waals surface area contributed by atoms with Crippen molar-refractivity contribution in [1.82, 2.24) is 30.7 Å². The average molecular weight is 1000 g/mol. The van der Waals surface area contributed by atoms with Crippen LogP contribution >= 0.6 is 0 Å². The van der Waals surface area contributed by atoms with E-state index >= 15 is 0 Å². The van der Waals surface area contributed by atoms with E-state index in [2.05, 4.69) is 35.1 Å². The largest absolute Gasteiger partial charge is 0.461 e. The minimum Gasteiger partial charge on any atom is -0.461 e. The van der Waals surface area contributed by atoms with E-state index in [0.717, 1.165) is 34.4 Å². The number of hydrogen-bond donors (Lipinski definition) is 4. The molecule has 6 amide bonds. The van der Waals surface area contributed by atoms with Gasteiger partial charge in [-0.05, 0) is 70.5 Å². The van der Waals surface area contributed by atoms with Gasteiger partial charge in [-0.3, -0.25) is 38.5 Å². The van der Waals surface area contributed by atoms with Gasteiger partial charge in [-0.25, -0.2) is 0 Å². The van der Waals surface area contributed by atoms with Crippen molar-refractivity contribution in [2.45, 2.75) is 100 Å². The smallest absolute Gasteiger partial charge is 0.308 e. The maximum atomic E-state index is 11.6. The molecular formula is C49H91N7O14. The number of amides is 6. The van der Waals surface area contributed by atoms with Crippen LogP contribution in [-0.2, 0) is 73.4 Å². The Kier molecular flexibility index (Phi) is 57.4. The number of rotatable bonds is 32. The summed E-state index contributed by atoms with van der Waals surface area (Å²) >= 11 is 0. The lowest BCUT2D eigenvalue weighted by Crippen LogP contribution is -2.36. The molecule has 0 spiro atoms. The van der Waals surface area contributed by atoms with Crippen molar-refractivity contribution in [1.29, 1.82) is 0 Å². The van der Waals surface area contributed by atoms with Crippen LogP contribution in [0.4, 0.5) is 5.69 Å². The van der Waals surface area contributed by atoms with E-state index in [1.807, 2.05) is 80.9 Å². The van der Waals surface area contributed by atoms with E-state index in [9.17, 15) is 43.2 Å². The average Bonchev–Trinajstić information content (AvgIpc) is 3.33. The summed E-state index contributed by atoms with van der Waals surface area (Å²) in [5.74, 6) is 0.0546. The first-order valence-corrected chi connectivity index (χ1v) is 23.6. The molecule has 0 aliphatic carbocycles. The first kappa shape index (κ1) is 73.6. The van der Waals surface area contributed by atoms with Gasteiger partial charge >= 0.3 is 5.97 Å². The Labute approximate surface area is 419 Å². The maximum Gasteiger partial charge on any atom is 0.308 e. The van der Waals surface area contributed by atoms with E-state index in [-0.39, 0.29) is 55.3 Å². The van der Waals surface area contributed by atoms with Gasteiger partial charge in [0.25, 0.3) is 0 Å². The van der Waals surface area contributed by atoms with Crippen molar-refractivity contribution in [2.24, 2.45) is 11.8 Å². The van der Waals surface area contributed by atoms with Crippen molar-refractivity contribution in [3.05, 3.63) is 29.3 Å². The molecule has 0 heterocycles. The van der Waals surface area contributed by atoms with Gasteiger partial charge in [0.15, 0.2) is 0 Å². The number of carbonyl (C=O) groups excluding carboxylic acids is 9. The summed E-state index contributed by atoms with van der Waals surface area (Å²) in [6.45, 7) is 20.1. The number of esters is 1. The second kappa shape index (κ2) is 54.6.